The second kappa shape index (κ2) is 6.29. The molecule has 5 heteroatoms. The van der Waals surface area contributed by atoms with Crippen LogP contribution in [0.3, 0.4) is 0 Å². The standard InChI is InChI=1S/C14H20BrF2NO/c1-5-14(2,18(3)4)12(19)8-9-11(16)7-6-10(15)13(9)17/h6-7,12,19H,5,8H2,1-4H3. The number of hydrogen-bond donors (Lipinski definition) is 1. The predicted molar refractivity (Wildman–Crippen MR) is 76.2 cm³/mol. The first-order chi connectivity index (χ1) is 8.74. The minimum absolute atomic E-state index is 0.0559. The van der Waals surface area contributed by atoms with Crippen molar-refractivity contribution in [3.63, 3.8) is 0 Å². The van der Waals surface area contributed by atoms with Gasteiger partial charge < -0.3 is 10.0 Å². The number of benzene rings is 1. The van der Waals surface area contributed by atoms with E-state index >= 15 is 0 Å². The van der Waals surface area contributed by atoms with Crippen molar-refractivity contribution in [1.29, 1.82) is 0 Å². The van der Waals surface area contributed by atoms with Crippen LogP contribution in [0.25, 0.3) is 0 Å². The van der Waals surface area contributed by atoms with Gasteiger partial charge in [0.1, 0.15) is 11.6 Å². The first-order valence-electron chi connectivity index (χ1n) is 6.22. The van der Waals surface area contributed by atoms with Gasteiger partial charge in [0.05, 0.1) is 10.6 Å². The fourth-order valence-corrected chi connectivity index (χ4v) is 2.39. The highest BCUT2D eigenvalue weighted by Crippen LogP contribution is 2.28. The highest BCUT2D eigenvalue weighted by atomic mass is 79.9. The molecule has 108 valence electrons. The van der Waals surface area contributed by atoms with Crippen LogP contribution in [0.2, 0.25) is 0 Å². The summed E-state index contributed by atoms with van der Waals surface area (Å²) in [5.74, 6) is -1.27. The van der Waals surface area contributed by atoms with Crippen LogP contribution in [0.4, 0.5) is 8.78 Å². The summed E-state index contributed by atoms with van der Waals surface area (Å²) in [5, 5.41) is 10.3. The largest absolute Gasteiger partial charge is 0.391 e. The molecule has 0 fully saturated rings. The summed E-state index contributed by atoms with van der Waals surface area (Å²) in [6.07, 6.45) is -0.233. The minimum atomic E-state index is -0.856. The molecule has 1 N–H and O–H groups in total. The number of aliphatic hydroxyl groups excluding tert-OH is 1. The third kappa shape index (κ3) is 3.33. The summed E-state index contributed by atoms with van der Waals surface area (Å²) in [6, 6.07) is 2.53. The zero-order valence-corrected chi connectivity index (χ0v) is 13.3. The molecule has 0 aliphatic rings. The summed E-state index contributed by atoms with van der Waals surface area (Å²) in [5.41, 5.74) is -0.607. The van der Waals surface area contributed by atoms with Gasteiger partial charge in [-0.3, -0.25) is 0 Å². The molecule has 19 heavy (non-hydrogen) atoms. The molecule has 0 aliphatic carbocycles. The van der Waals surface area contributed by atoms with Gasteiger partial charge in [-0.25, -0.2) is 8.78 Å². The fraction of sp³-hybridized carbons (Fsp3) is 0.571. The van der Waals surface area contributed by atoms with Gasteiger partial charge in [0.15, 0.2) is 0 Å². The van der Waals surface area contributed by atoms with Crippen molar-refractivity contribution in [3.8, 4) is 0 Å². The number of aliphatic hydroxyl groups is 1. The van der Waals surface area contributed by atoms with Crippen molar-refractivity contribution < 1.29 is 13.9 Å². The fourth-order valence-electron chi connectivity index (χ4n) is 2.02. The highest BCUT2D eigenvalue weighted by molar-refractivity contribution is 9.10. The lowest BCUT2D eigenvalue weighted by Gasteiger charge is -2.40. The monoisotopic (exact) mass is 335 g/mol. The molecule has 1 aromatic rings. The Labute approximate surface area is 121 Å². The quantitative estimate of drug-likeness (QED) is 0.834. The Kier molecular flexibility index (Phi) is 5.47. The summed E-state index contributed by atoms with van der Waals surface area (Å²) >= 11 is 3.03. The van der Waals surface area contributed by atoms with E-state index in [-0.39, 0.29) is 16.5 Å². The molecular formula is C14H20BrF2NO. The topological polar surface area (TPSA) is 23.5 Å². The summed E-state index contributed by atoms with van der Waals surface area (Å²) in [4.78, 5) is 1.88. The average Bonchev–Trinajstić information content (AvgIpc) is 2.37. The Morgan fingerprint density at radius 2 is 1.95 bits per heavy atom. The normalized spacial score (nSPS) is 16.5. The molecule has 2 atom stereocenters. The zero-order chi connectivity index (χ0) is 14.8. The van der Waals surface area contributed by atoms with E-state index in [4.69, 9.17) is 0 Å². The molecule has 0 bridgehead atoms. The minimum Gasteiger partial charge on any atom is -0.391 e. The van der Waals surface area contributed by atoms with Crippen LogP contribution in [-0.2, 0) is 6.42 Å². The van der Waals surface area contributed by atoms with Gasteiger partial charge in [-0.1, -0.05) is 6.92 Å². The first kappa shape index (κ1) is 16.5. The molecule has 0 saturated carbocycles. The maximum atomic E-state index is 13.9. The second-order valence-electron chi connectivity index (χ2n) is 5.15. The molecule has 0 spiro atoms. The van der Waals surface area contributed by atoms with Gasteiger partial charge in [-0.05, 0) is 55.5 Å². The van der Waals surface area contributed by atoms with Crippen LogP contribution in [0.5, 0.6) is 0 Å². The van der Waals surface area contributed by atoms with Gasteiger partial charge in [-0.15, -0.1) is 0 Å². The molecule has 1 aromatic carbocycles. The Morgan fingerprint density at radius 1 is 1.37 bits per heavy atom. The number of nitrogens with zero attached hydrogens (tertiary/aromatic N) is 1. The lowest BCUT2D eigenvalue weighted by atomic mass is 9.86. The van der Waals surface area contributed by atoms with E-state index in [1.807, 2.05) is 32.8 Å². The Balaban J connectivity index is 3.06. The van der Waals surface area contributed by atoms with Gasteiger partial charge in [0.2, 0.25) is 0 Å². The maximum Gasteiger partial charge on any atom is 0.143 e. The first-order valence-corrected chi connectivity index (χ1v) is 7.01. The Hall–Kier alpha value is -0.520. The molecule has 0 aliphatic heterocycles. The predicted octanol–water partition coefficient (Wildman–Crippen LogP) is 3.36. The smallest absolute Gasteiger partial charge is 0.143 e. The van der Waals surface area contributed by atoms with E-state index in [2.05, 4.69) is 15.9 Å². The van der Waals surface area contributed by atoms with E-state index < -0.39 is 23.3 Å². The third-order valence-electron chi connectivity index (χ3n) is 3.99. The lowest BCUT2D eigenvalue weighted by Crippen LogP contribution is -2.51. The Bertz CT molecular complexity index is 453. The zero-order valence-electron chi connectivity index (χ0n) is 11.7. The van der Waals surface area contributed by atoms with Crippen molar-refractivity contribution in [2.24, 2.45) is 0 Å². The van der Waals surface area contributed by atoms with Crippen LogP contribution in [0.1, 0.15) is 25.8 Å². The van der Waals surface area contributed by atoms with Crippen molar-refractivity contribution in [3.05, 3.63) is 33.8 Å². The van der Waals surface area contributed by atoms with Gasteiger partial charge >= 0.3 is 0 Å². The highest BCUT2D eigenvalue weighted by Gasteiger charge is 2.34. The van der Waals surface area contributed by atoms with Crippen LogP contribution in [-0.4, -0.2) is 35.7 Å². The van der Waals surface area contributed by atoms with Crippen molar-refractivity contribution in [1.82, 2.24) is 4.90 Å². The molecule has 0 amide bonds. The number of halogens is 3. The number of rotatable bonds is 5. The third-order valence-corrected chi connectivity index (χ3v) is 4.60. The van der Waals surface area contributed by atoms with E-state index in [0.29, 0.717) is 6.42 Å². The van der Waals surface area contributed by atoms with Gasteiger partial charge in [-0.2, -0.15) is 0 Å². The molecule has 0 heterocycles. The molecule has 2 nitrogen and oxygen atoms in total. The Morgan fingerprint density at radius 3 is 2.42 bits per heavy atom. The lowest BCUT2D eigenvalue weighted by molar-refractivity contribution is 0.00208. The SMILES string of the molecule is CCC(C)(C(O)Cc1c(F)ccc(Br)c1F)N(C)C. The van der Waals surface area contributed by atoms with E-state index in [9.17, 15) is 13.9 Å². The maximum absolute atomic E-state index is 13.9. The van der Waals surface area contributed by atoms with Crippen molar-refractivity contribution in [2.45, 2.75) is 38.3 Å². The number of hydrogen-bond acceptors (Lipinski definition) is 2. The summed E-state index contributed by atoms with van der Waals surface area (Å²) < 4.78 is 27.8. The summed E-state index contributed by atoms with van der Waals surface area (Å²) in [6.45, 7) is 3.82. The van der Waals surface area contributed by atoms with Gasteiger partial charge in [0.25, 0.3) is 0 Å². The van der Waals surface area contributed by atoms with Crippen LogP contribution < -0.4 is 0 Å². The summed E-state index contributed by atoms with van der Waals surface area (Å²) in [7, 11) is 3.70. The van der Waals surface area contributed by atoms with Crippen LogP contribution in [0, 0.1) is 11.6 Å². The van der Waals surface area contributed by atoms with E-state index in [1.54, 1.807) is 0 Å². The average molecular weight is 336 g/mol. The molecule has 2 unspecified atom stereocenters. The van der Waals surface area contributed by atoms with Crippen LogP contribution >= 0.6 is 15.9 Å². The van der Waals surface area contributed by atoms with Crippen LogP contribution in [0.15, 0.2) is 16.6 Å². The van der Waals surface area contributed by atoms with Crippen molar-refractivity contribution in [2.75, 3.05) is 14.1 Å². The van der Waals surface area contributed by atoms with E-state index in [0.717, 1.165) is 0 Å². The molecule has 0 saturated heterocycles. The second-order valence-corrected chi connectivity index (χ2v) is 6.00. The van der Waals surface area contributed by atoms with Crippen molar-refractivity contribution >= 4 is 15.9 Å². The molecule has 0 aromatic heterocycles. The van der Waals surface area contributed by atoms with E-state index in [1.165, 1.54) is 12.1 Å². The molecule has 0 radical (unpaired) electrons. The molecule has 1 rings (SSSR count). The molecular weight excluding hydrogens is 316 g/mol. The number of likely N-dealkylation sites (N-methyl/N-ethyl adjacent to an activating group) is 1. The van der Waals surface area contributed by atoms with Gasteiger partial charge in [0, 0.05) is 17.5 Å².